The van der Waals surface area contributed by atoms with Crippen molar-refractivity contribution in [3.8, 4) is 17.2 Å². The summed E-state index contributed by atoms with van der Waals surface area (Å²) in [5.41, 5.74) is 19.0. The lowest BCUT2D eigenvalue weighted by Gasteiger charge is -2.18. The van der Waals surface area contributed by atoms with Crippen LogP contribution in [-0.4, -0.2) is 0 Å². The van der Waals surface area contributed by atoms with E-state index in [1.54, 1.807) is 72.8 Å². The summed E-state index contributed by atoms with van der Waals surface area (Å²) in [7, 11) is -1.74. The molecule has 0 heterocycles. The molecular weight excluding hydrogens is 337 g/mol. The molecule has 7 heteroatoms. The van der Waals surface area contributed by atoms with E-state index in [0.29, 0.717) is 34.3 Å². The molecule has 0 saturated heterocycles. The van der Waals surface area contributed by atoms with Gasteiger partial charge in [0, 0.05) is 17.1 Å². The van der Waals surface area contributed by atoms with E-state index >= 15 is 0 Å². The van der Waals surface area contributed by atoms with Crippen molar-refractivity contribution < 1.29 is 13.6 Å². The molecule has 0 saturated carbocycles. The van der Waals surface area contributed by atoms with Crippen LogP contribution in [0.3, 0.4) is 0 Å². The molecule has 0 spiro atoms. The number of benzene rings is 3. The summed E-state index contributed by atoms with van der Waals surface area (Å²) in [4.78, 5) is 0. The monoisotopic (exact) mass is 355 g/mol. The van der Waals surface area contributed by atoms with E-state index in [1.165, 1.54) is 0 Å². The minimum Gasteiger partial charge on any atom is -0.409 e. The van der Waals surface area contributed by atoms with Gasteiger partial charge in [0.1, 0.15) is 17.2 Å². The van der Waals surface area contributed by atoms with Crippen LogP contribution in [-0.2, 0) is 0 Å². The van der Waals surface area contributed by atoms with E-state index in [2.05, 4.69) is 0 Å². The van der Waals surface area contributed by atoms with Crippen molar-refractivity contribution in [3.05, 3.63) is 72.8 Å². The van der Waals surface area contributed by atoms with Gasteiger partial charge in [0.05, 0.1) is 0 Å². The second-order valence-electron chi connectivity index (χ2n) is 5.20. The fourth-order valence-electron chi connectivity index (χ4n) is 1.90. The second kappa shape index (κ2) is 7.64. The lowest BCUT2D eigenvalue weighted by atomic mass is 10.3. The molecule has 3 aromatic carbocycles. The second-order valence-corrected chi connectivity index (χ2v) is 6.20. The molecule has 3 aromatic rings. The predicted molar refractivity (Wildman–Crippen MR) is 101 cm³/mol. The van der Waals surface area contributed by atoms with Gasteiger partial charge in [0.2, 0.25) is 0 Å². The summed E-state index contributed by atoms with van der Waals surface area (Å²) in [6.07, 6.45) is 0. The molecule has 0 unspecified atom stereocenters. The number of rotatable bonds is 6. The average Bonchev–Trinajstić information content (AvgIpc) is 2.61. The third-order valence-electron chi connectivity index (χ3n) is 3.18. The van der Waals surface area contributed by atoms with Gasteiger partial charge in [0.25, 0.3) is 0 Å². The van der Waals surface area contributed by atoms with Crippen LogP contribution in [0.2, 0.25) is 0 Å². The maximum Gasteiger partial charge on any atom is 0.530 e. The van der Waals surface area contributed by atoms with E-state index < -0.39 is 8.60 Å². The van der Waals surface area contributed by atoms with Crippen LogP contribution in [0.1, 0.15) is 0 Å². The van der Waals surface area contributed by atoms with Crippen molar-refractivity contribution in [3.63, 3.8) is 0 Å². The van der Waals surface area contributed by atoms with E-state index in [0.717, 1.165) is 0 Å². The highest BCUT2D eigenvalue weighted by atomic mass is 31.2. The van der Waals surface area contributed by atoms with Crippen molar-refractivity contribution in [2.45, 2.75) is 0 Å². The summed E-state index contributed by atoms with van der Waals surface area (Å²) >= 11 is 0. The van der Waals surface area contributed by atoms with Gasteiger partial charge in [-0.1, -0.05) is 0 Å². The lowest BCUT2D eigenvalue weighted by Crippen LogP contribution is -2.02. The third-order valence-corrected chi connectivity index (χ3v) is 4.26. The van der Waals surface area contributed by atoms with Gasteiger partial charge >= 0.3 is 8.60 Å². The SMILES string of the molecule is Nc1ccc(OP(Oc2ccc(N)cc2)Oc2ccc(N)cc2)cc1. The Morgan fingerprint density at radius 3 is 0.920 bits per heavy atom. The van der Waals surface area contributed by atoms with Gasteiger partial charge in [0.15, 0.2) is 0 Å². The van der Waals surface area contributed by atoms with E-state index in [9.17, 15) is 0 Å². The Balaban J connectivity index is 1.77. The summed E-state index contributed by atoms with van der Waals surface area (Å²) < 4.78 is 17.5. The molecule has 0 bridgehead atoms. The Kier molecular flexibility index (Phi) is 5.11. The zero-order valence-electron chi connectivity index (χ0n) is 13.3. The third kappa shape index (κ3) is 4.93. The first-order valence-electron chi connectivity index (χ1n) is 7.49. The molecule has 25 heavy (non-hydrogen) atoms. The molecule has 6 N–H and O–H groups in total. The zero-order chi connectivity index (χ0) is 17.6. The van der Waals surface area contributed by atoms with Crippen LogP contribution >= 0.6 is 8.60 Å². The van der Waals surface area contributed by atoms with E-state index in [-0.39, 0.29) is 0 Å². The lowest BCUT2D eigenvalue weighted by molar-refractivity contribution is 0.388. The van der Waals surface area contributed by atoms with Crippen LogP contribution in [0, 0.1) is 0 Å². The first kappa shape index (κ1) is 16.7. The first-order valence-corrected chi connectivity index (χ1v) is 8.59. The summed E-state index contributed by atoms with van der Waals surface area (Å²) in [6, 6.07) is 21.0. The molecule has 0 aliphatic carbocycles. The summed E-state index contributed by atoms with van der Waals surface area (Å²) in [5.74, 6) is 1.77. The number of nitrogen functional groups attached to an aromatic ring is 3. The Bertz CT molecular complexity index is 696. The topological polar surface area (TPSA) is 106 Å². The molecule has 0 amide bonds. The Labute approximate surface area is 147 Å². The van der Waals surface area contributed by atoms with Crippen molar-refractivity contribution in [1.29, 1.82) is 0 Å². The van der Waals surface area contributed by atoms with Crippen molar-refractivity contribution in [2.24, 2.45) is 0 Å². The quantitative estimate of drug-likeness (QED) is 0.452. The number of hydrogen-bond donors (Lipinski definition) is 3. The fraction of sp³-hybridized carbons (Fsp3) is 0. The van der Waals surface area contributed by atoms with Crippen LogP contribution in [0.5, 0.6) is 17.2 Å². The van der Waals surface area contributed by atoms with Gasteiger partial charge in [-0.3, -0.25) is 0 Å². The van der Waals surface area contributed by atoms with Gasteiger partial charge < -0.3 is 30.8 Å². The molecule has 0 aliphatic rings. The minimum atomic E-state index is -1.74. The molecule has 0 aliphatic heterocycles. The van der Waals surface area contributed by atoms with Crippen LogP contribution in [0.15, 0.2) is 72.8 Å². The Hall–Kier alpha value is -3.11. The highest BCUT2D eigenvalue weighted by Crippen LogP contribution is 2.42. The molecule has 128 valence electrons. The maximum atomic E-state index is 5.84. The van der Waals surface area contributed by atoms with Crippen LogP contribution in [0.25, 0.3) is 0 Å². The predicted octanol–water partition coefficient (Wildman–Crippen LogP) is 4.20. The normalized spacial score (nSPS) is 10.4. The van der Waals surface area contributed by atoms with E-state index in [1.807, 2.05) is 0 Å². The maximum absolute atomic E-state index is 5.84. The fourth-order valence-corrected chi connectivity index (χ4v) is 2.89. The van der Waals surface area contributed by atoms with Crippen molar-refractivity contribution in [1.82, 2.24) is 0 Å². The van der Waals surface area contributed by atoms with Crippen LogP contribution < -0.4 is 30.8 Å². The standard InChI is InChI=1S/C18H18N3O3P/c19-13-1-7-16(8-2-13)22-25(23-17-9-3-14(20)4-10-17)24-18-11-5-15(21)6-12-18/h1-12H,19-21H2. The van der Waals surface area contributed by atoms with Crippen LogP contribution in [0.4, 0.5) is 17.1 Å². The number of anilines is 3. The molecule has 0 aromatic heterocycles. The average molecular weight is 355 g/mol. The van der Waals surface area contributed by atoms with Gasteiger partial charge in [-0.15, -0.1) is 0 Å². The smallest absolute Gasteiger partial charge is 0.409 e. The molecule has 0 fully saturated rings. The molecule has 0 radical (unpaired) electrons. The molecular formula is C18H18N3O3P. The molecule has 3 rings (SSSR count). The van der Waals surface area contributed by atoms with Gasteiger partial charge in [-0.25, -0.2) is 0 Å². The first-order chi connectivity index (χ1) is 12.1. The Morgan fingerprint density at radius 2 is 0.680 bits per heavy atom. The summed E-state index contributed by atoms with van der Waals surface area (Å²) in [5, 5.41) is 0. The summed E-state index contributed by atoms with van der Waals surface area (Å²) in [6.45, 7) is 0. The molecule has 6 nitrogen and oxygen atoms in total. The largest absolute Gasteiger partial charge is 0.530 e. The van der Waals surface area contributed by atoms with Crippen molar-refractivity contribution in [2.75, 3.05) is 17.2 Å². The molecule has 0 atom stereocenters. The van der Waals surface area contributed by atoms with Gasteiger partial charge in [-0.2, -0.15) is 0 Å². The highest BCUT2D eigenvalue weighted by Gasteiger charge is 2.19. The highest BCUT2D eigenvalue weighted by molar-refractivity contribution is 7.43. The zero-order valence-corrected chi connectivity index (χ0v) is 14.2. The Morgan fingerprint density at radius 1 is 0.440 bits per heavy atom. The minimum absolute atomic E-state index is 0.589. The van der Waals surface area contributed by atoms with Crippen molar-refractivity contribution >= 4 is 25.7 Å². The van der Waals surface area contributed by atoms with Gasteiger partial charge in [-0.05, 0) is 72.8 Å². The number of hydrogen-bond acceptors (Lipinski definition) is 6. The number of nitrogens with two attached hydrogens (primary N) is 3. The van der Waals surface area contributed by atoms with E-state index in [4.69, 9.17) is 30.8 Å².